The van der Waals surface area contributed by atoms with Crippen molar-refractivity contribution >= 4 is 5.91 Å². The standard InChI is InChI=1S/C16H17FN2O/c1-11-9-13(6-7-15(11)17)16(20)19(3)12(2)14-5-4-8-18-10-14/h4-10,12H,1-3H3/t12-/m1/s1. The first kappa shape index (κ1) is 14.2. The van der Waals surface area contributed by atoms with Crippen LogP contribution in [0.2, 0.25) is 0 Å². The number of pyridine rings is 1. The van der Waals surface area contributed by atoms with E-state index < -0.39 is 0 Å². The lowest BCUT2D eigenvalue weighted by atomic mass is 10.1. The quantitative estimate of drug-likeness (QED) is 0.858. The summed E-state index contributed by atoms with van der Waals surface area (Å²) in [5, 5.41) is 0. The molecule has 0 radical (unpaired) electrons. The molecule has 104 valence electrons. The largest absolute Gasteiger partial charge is 0.335 e. The van der Waals surface area contributed by atoms with E-state index in [9.17, 15) is 9.18 Å². The molecule has 0 N–H and O–H groups in total. The van der Waals surface area contributed by atoms with Gasteiger partial charge in [0.15, 0.2) is 0 Å². The molecular formula is C16H17FN2O. The van der Waals surface area contributed by atoms with Gasteiger partial charge in [-0.2, -0.15) is 0 Å². The van der Waals surface area contributed by atoms with Gasteiger partial charge in [0.05, 0.1) is 6.04 Å². The van der Waals surface area contributed by atoms with Crippen molar-refractivity contribution in [2.45, 2.75) is 19.9 Å². The van der Waals surface area contributed by atoms with Gasteiger partial charge in [-0.25, -0.2) is 4.39 Å². The van der Waals surface area contributed by atoms with Gasteiger partial charge in [-0.05, 0) is 49.2 Å². The van der Waals surface area contributed by atoms with E-state index in [1.165, 1.54) is 12.1 Å². The van der Waals surface area contributed by atoms with Crippen molar-refractivity contribution in [3.8, 4) is 0 Å². The second-order valence-corrected chi connectivity index (χ2v) is 4.84. The van der Waals surface area contributed by atoms with E-state index in [4.69, 9.17) is 0 Å². The number of aryl methyl sites for hydroxylation is 1. The van der Waals surface area contributed by atoms with Crippen molar-refractivity contribution in [3.05, 3.63) is 65.2 Å². The van der Waals surface area contributed by atoms with Crippen LogP contribution in [-0.4, -0.2) is 22.8 Å². The summed E-state index contributed by atoms with van der Waals surface area (Å²) >= 11 is 0. The van der Waals surface area contributed by atoms with Crippen molar-refractivity contribution in [3.63, 3.8) is 0 Å². The molecule has 2 aromatic rings. The molecule has 3 nitrogen and oxygen atoms in total. The summed E-state index contributed by atoms with van der Waals surface area (Å²) in [6.07, 6.45) is 3.44. The summed E-state index contributed by atoms with van der Waals surface area (Å²) in [5.74, 6) is -0.436. The number of rotatable bonds is 3. The lowest BCUT2D eigenvalue weighted by Crippen LogP contribution is -2.29. The molecule has 1 amide bonds. The van der Waals surface area contributed by atoms with Gasteiger partial charge in [0, 0.05) is 25.0 Å². The summed E-state index contributed by atoms with van der Waals surface area (Å²) in [6.45, 7) is 3.59. The Kier molecular flexibility index (Phi) is 4.13. The van der Waals surface area contributed by atoms with E-state index >= 15 is 0 Å². The third-order valence-electron chi connectivity index (χ3n) is 3.47. The average Bonchev–Trinajstić information content (AvgIpc) is 2.48. The van der Waals surface area contributed by atoms with Gasteiger partial charge in [-0.1, -0.05) is 6.07 Å². The minimum absolute atomic E-state index is 0.0958. The number of halogens is 1. The maximum Gasteiger partial charge on any atom is 0.254 e. The van der Waals surface area contributed by atoms with Gasteiger partial charge in [0.2, 0.25) is 0 Å². The fourth-order valence-electron chi connectivity index (χ4n) is 2.00. The third kappa shape index (κ3) is 2.85. The van der Waals surface area contributed by atoms with Crippen LogP contribution in [0.15, 0.2) is 42.7 Å². The van der Waals surface area contributed by atoms with E-state index in [1.807, 2.05) is 19.1 Å². The Bertz CT molecular complexity index is 613. The summed E-state index contributed by atoms with van der Waals surface area (Å²) in [4.78, 5) is 18.1. The van der Waals surface area contributed by atoms with Crippen LogP contribution < -0.4 is 0 Å². The number of aromatic nitrogens is 1. The summed E-state index contributed by atoms with van der Waals surface area (Å²) in [7, 11) is 1.73. The van der Waals surface area contributed by atoms with Crippen LogP contribution in [0.25, 0.3) is 0 Å². The molecule has 1 atom stereocenters. The van der Waals surface area contributed by atoms with Crippen LogP contribution in [0.5, 0.6) is 0 Å². The van der Waals surface area contributed by atoms with Crippen molar-refractivity contribution in [2.75, 3.05) is 7.05 Å². The number of carbonyl (C=O) groups excluding carboxylic acids is 1. The van der Waals surface area contributed by atoms with Gasteiger partial charge < -0.3 is 4.90 Å². The van der Waals surface area contributed by atoms with E-state index in [0.29, 0.717) is 11.1 Å². The summed E-state index contributed by atoms with van der Waals surface area (Å²) < 4.78 is 13.3. The van der Waals surface area contributed by atoms with Gasteiger partial charge in [-0.15, -0.1) is 0 Å². The summed E-state index contributed by atoms with van der Waals surface area (Å²) in [6, 6.07) is 8.08. The van der Waals surface area contributed by atoms with Gasteiger partial charge in [0.1, 0.15) is 5.82 Å². The zero-order chi connectivity index (χ0) is 14.7. The highest BCUT2D eigenvalue weighted by atomic mass is 19.1. The molecule has 0 aliphatic heterocycles. The highest BCUT2D eigenvalue weighted by Crippen LogP contribution is 2.20. The fraction of sp³-hybridized carbons (Fsp3) is 0.250. The minimum Gasteiger partial charge on any atom is -0.335 e. The normalized spacial score (nSPS) is 12.0. The van der Waals surface area contributed by atoms with E-state index in [1.54, 1.807) is 37.3 Å². The van der Waals surface area contributed by atoms with Crippen LogP contribution in [0.3, 0.4) is 0 Å². The first-order valence-electron chi connectivity index (χ1n) is 6.44. The molecule has 1 aromatic heterocycles. The Labute approximate surface area is 118 Å². The average molecular weight is 272 g/mol. The Hall–Kier alpha value is -2.23. The van der Waals surface area contributed by atoms with Gasteiger partial charge in [-0.3, -0.25) is 9.78 Å². The number of hydrogen-bond acceptors (Lipinski definition) is 2. The fourth-order valence-corrected chi connectivity index (χ4v) is 2.00. The molecule has 1 aromatic carbocycles. The van der Waals surface area contributed by atoms with Gasteiger partial charge in [0.25, 0.3) is 5.91 Å². The monoisotopic (exact) mass is 272 g/mol. The van der Waals surface area contributed by atoms with E-state index in [2.05, 4.69) is 4.98 Å². The predicted octanol–water partition coefficient (Wildman–Crippen LogP) is 3.36. The molecule has 1 heterocycles. The number of carbonyl (C=O) groups is 1. The molecule has 0 aliphatic carbocycles. The van der Waals surface area contributed by atoms with Crippen LogP contribution >= 0.6 is 0 Å². The first-order valence-corrected chi connectivity index (χ1v) is 6.44. The lowest BCUT2D eigenvalue weighted by molar-refractivity contribution is 0.0742. The van der Waals surface area contributed by atoms with Crippen LogP contribution in [-0.2, 0) is 0 Å². The maximum absolute atomic E-state index is 13.3. The van der Waals surface area contributed by atoms with Crippen molar-refractivity contribution in [1.82, 2.24) is 9.88 Å². The van der Waals surface area contributed by atoms with Crippen LogP contribution in [0.4, 0.5) is 4.39 Å². The molecule has 0 bridgehead atoms. The van der Waals surface area contributed by atoms with Crippen molar-refractivity contribution in [2.24, 2.45) is 0 Å². The molecule has 20 heavy (non-hydrogen) atoms. The van der Waals surface area contributed by atoms with Gasteiger partial charge >= 0.3 is 0 Å². The van der Waals surface area contributed by atoms with Crippen LogP contribution in [0.1, 0.15) is 34.5 Å². The number of benzene rings is 1. The Morgan fingerprint density at radius 2 is 2.10 bits per heavy atom. The molecule has 4 heteroatoms. The SMILES string of the molecule is Cc1cc(C(=O)N(C)[C@H](C)c2cccnc2)ccc1F. The molecule has 0 fully saturated rings. The minimum atomic E-state index is -0.301. The Morgan fingerprint density at radius 1 is 1.35 bits per heavy atom. The molecule has 0 aliphatic rings. The van der Waals surface area contributed by atoms with E-state index in [0.717, 1.165) is 5.56 Å². The predicted molar refractivity (Wildman–Crippen MR) is 75.9 cm³/mol. The number of amides is 1. The number of nitrogens with zero attached hydrogens (tertiary/aromatic N) is 2. The summed E-state index contributed by atoms with van der Waals surface area (Å²) in [5.41, 5.74) is 1.92. The zero-order valence-corrected chi connectivity index (χ0v) is 11.8. The molecular weight excluding hydrogens is 255 g/mol. The van der Waals surface area contributed by atoms with Crippen molar-refractivity contribution < 1.29 is 9.18 Å². The van der Waals surface area contributed by atoms with E-state index in [-0.39, 0.29) is 17.8 Å². The molecule has 2 rings (SSSR count). The molecule has 0 saturated heterocycles. The molecule has 0 spiro atoms. The molecule has 0 unspecified atom stereocenters. The second kappa shape index (κ2) is 5.82. The highest BCUT2D eigenvalue weighted by Gasteiger charge is 2.19. The lowest BCUT2D eigenvalue weighted by Gasteiger charge is -2.25. The number of hydrogen-bond donors (Lipinski definition) is 0. The van der Waals surface area contributed by atoms with Crippen molar-refractivity contribution in [1.29, 1.82) is 0 Å². The third-order valence-corrected chi connectivity index (χ3v) is 3.47. The Balaban J connectivity index is 2.22. The highest BCUT2D eigenvalue weighted by molar-refractivity contribution is 5.94. The molecule has 0 saturated carbocycles. The maximum atomic E-state index is 13.3. The topological polar surface area (TPSA) is 33.2 Å². The first-order chi connectivity index (χ1) is 9.50. The second-order valence-electron chi connectivity index (χ2n) is 4.84. The Morgan fingerprint density at radius 3 is 2.70 bits per heavy atom. The smallest absolute Gasteiger partial charge is 0.254 e. The zero-order valence-electron chi connectivity index (χ0n) is 11.8. The van der Waals surface area contributed by atoms with Crippen LogP contribution in [0, 0.1) is 12.7 Å².